The van der Waals surface area contributed by atoms with Gasteiger partial charge >= 0.3 is 0 Å². The van der Waals surface area contributed by atoms with Crippen molar-refractivity contribution in [2.75, 3.05) is 6.26 Å². The van der Waals surface area contributed by atoms with Gasteiger partial charge in [-0.25, -0.2) is 0 Å². The van der Waals surface area contributed by atoms with Gasteiger partial charge in [0.25, 0.3) is 0 Å². The van der Waals surface area contributed by atoms with Crippen molar-refractivity contribution in [2.24, 2.45) is 4.99 Å². The van der Waals surface area contributed by atoms with E-state index in [9.17, 15) is 0 Å². The molecule has 0 amide bonds. The molecule has 1 N–H and O–H groups in total. The maximum atomic E-state index is 8.85. The van der Waals surface area contributed by atoms with Crippen molar-refractivity contribution >= 4 is 16.8 Å². The maximum Gasteiger partial charge on any atom is 0.115 e. The average Bonchev–Trinajstić information content (AvgIpc) is 2.37. The zero-order chi connectivity index (χ0) is 13.1. The molecule has 0 aliphatic rings. The predicted octanol–water partition coefficient (Wildman–Crippen LogP) is 4.26. The molecule has 0 saturated heterocycles. The van der Waals surface area contributed by atoms with E-state index in [1.807, 2.05) is 38.3 Å². The van der Waals surface area contributed by atoms with Crippen LogP contribution in [0.15, 0.2) is 41.5 Å². The Hall–Kier alpha value is -1.22. The number of hydrogen-bond acceptors (Lipinski definition) is 3. The fraction of sp³-hybridized carbons (Fsp3) is 0.357. The summed E-state index contributed by atoms with van der Waals surface area (Å²) < 4.78 is 0. The second kappa shape index (κ2) is 9.97. The number of allylic oxidation sites excluding steroid dienone is 1. The summed E-state index contributed by atoms with van der Waals surface area (Å²) in [6.07, 6.45) is 6.76. The zero-order valence-electron chi connectivity index (χ0n) is 11.0. The molecule has 0 bridgehead atoms. The van der Waals surface area contributed by atoms with Crippen LogP contribution in [0.2, 0.25) is 0 Å². The summed E-state index contributed by atoms with van der Waals surface area (Å²) >= 11 is 1.66. The van der Waals surface area contributed by atoms with Crippen molar-refractivity contribution in [1.82, 2.24) is 0 Å². The van der Waals surface area contributed by atoms with Gasteiger partial charge in [0, 0.05) is 6.20 Å². The van der Waals surface area contributed by atoms with Gasteiger partial charge in [0.15, 0.2) is 0 Å². The molecule has 1 aromatic rings. The third-order valence-corrected chi connectivity index (χ3v) is 2.74. The number of benzene rings is 1. The van der Waals surface area contributed by atoms with E-state index >= 15 is 0 Å². The molecule has 0 aliphatic carbocycles. The van der Waals surface area contributed by atoms with Crippen LogP contribution in [0.25, 0.3) is 0 Å². The Bertz CT molecular complexity index is 355. The number of phenols is 1. The lowest BCUT2D eigenvalue weighted by molar-refractivity contribution is 0.475. The van der Waals surface area contributed by atoms with Gasteiger partial charge < -0.3 is 5.11 Å². The number of phenolic OH excluding ortho intramolecular Hbond substituents is 1. The summed E-state index contributed by atoms with van der Waals surface area (Å²) in [5.74, 6) is 0.340. The Morgan fingerprint density at radius 1 is 1.35 bits per heavy atom. The number of hydrogen-bond donors (Lipinski definition) is 1. The van der Waals surface area contributed by atoms with E-state index in [1.165, 1.54) is 5.56 Å². The summed E-state index contributed by atoms with van der Waals surface area (Å²) in [5, 5.41) is 9.95. The highest BCUT2D eigenvalue weighted by molar-refractivity contribution is 8.13. The summed E-state index contributed by atoms with van der Waals surface area (Å²) in [7, 11) is 0. The molecule has 0 fully saturated rings. The monoisotopic (exact) mass is 251 g/mol. The average molecular weight is 251 g/mol. The van der Waals surface area contributed by atoms with E-state index < -0.39 is 0 Å². The lowest BCUT2D eigenvalue weighted by Crippen LogP contribution is -1.76. The fourth-order valence-electron chi connectivity index (χ4n) is 0.964. The molecular formula is C14H21NOS. The third kappa shape index (κ3) is 8.57. The molecule has 3 heteroatoms. The molecule has 17 heavy (non-hydrogen) atoms. The van der Waals surface area contributed by atoms with Crippen LogP contribution < -0.4 is 0 Å². The van der Waals surface area contributed by atoms with E-state index in [-0.39, 0.29) is 0 Å². The number of thioether (sulfide) groups is 1. The molecule has 1 aromatic carbocycles. The van der Waals surface area contributed by atoms with Crippen molar-refractivity contribution in [2.45, 2.75) is 27.2 Å². The number of rotatable bonds is 2. The van der Waals surface area contributed by atoms with Crippen LogP contribution in [0, 0.1) is 0 Å². The number of nitrogens with zero attached hydrogens (tertiary/aromatic N) is 1. The van der Waals surface area contributed by atoms with Crippen molar-refractivity contribution in [3.8, 4) is 5.75 Å². The fourth-order valence-corrected chi connectivity index (χ4v) is 1.13. The smallest absolute Gasteiger partial charge is 0.115 e. The Morgan fingerprint density at radius 2 is 1.94 bits per heavy atom. The summed E-state index contributed by atoms with van der Waals surface area (Å²) in [6.45, 7) is 6.04. The normalized spacial score (nSPS) is 11.2. The summed E-state index contributed by atoms with van der Waals surface area (Å²) in [5.41, 5.74) is 1.26. The van der Waals surface area contributed by atoms with Crippen LogP contribution in [0.1, 0.15) is 26.3 Å². The summed E-state index contributed by atoms with van der Waals surface area (Å²) in [4.78, 5) is 4.06. The maximum absolute atomic E-state index is 8.85. The van der Waals surface area contributed by atoms with E-state index in [1.54, 1.807) is 30.1 Å². The van der Waals surface area contributed by atoms with Crippen molar-refractivity contribution in [3.63, 3.8) is 0 Å². The topological polar surface area (TPSA) is 32.6 Å². The largest absolute Gasteiger partial charge is 0.508 e. The Balaban J connectivity index is 0.000000304. The predicted molar refractivity (Wildman–Crippen MR) is 78.9 cm³/mol. The van der Waals surface area contributed by atoms with E-state index in [4.69, 9.17) is 5.11 Å². The molecule has 0 unspecified atom stereocenters. The number of aryl methyl sites for hydroxylation is 1. The molecule has 1 rings (SSSR count). The van der Waals surface area contributed by atoms with Gasteiger partial charge in [0.2, 0.25) is 0 Å². The summed E-state index contributed by atoms with van der Waals surface area (Å²) in [6, 6.07) is 7.27. The molecule has 0 atom stereocenters. The minimum Gasteiger partial charge on any atom is -0.508 e. The van der Waals surface area contributed by atoms with Crippen LogP contribution in [0.3, 0.4) is 0 Å². The van der Waals surface area contributed by atoms with Crippen LogP contribution in [-0.2, 0) is 6.42 Å². The van der Waals surface area contributed by atoms with Gasteiger partial charge in [0.1, 0.15) is 5.75 Å². The lowest BCUT2D eigenvalue weighted by atomic mass is 10.2. The second-order valence-electron chi connectivity index (χ2n) is 3.35. The van der Waals surface area contributed by atoms with Crippen LogP contribution in [0.4, 0.5) is 0 Å². The standard InChI is InChI=1S/C8H10O.C6H11NS/c1-2-7-3-5-8(9)6-4-7;1-4-5-7-6(2)8-3/h3-6,9H,2H2,1H3;4-5H,1-3H3/b;5-4-,7-6?. The van der Waals surface area contributed by atoms with Gasteiger partial charge in [-0.1, -0.05) is 25.1 Å². The molecular weight excluding hydrogens is 230 g/mol. The quantitative estimate of drug-likeness (QED) is 0.629. The van der Waals surface area contributed by atoms with E-state index in [2.05, 4.69) is 11.9 Å². The molecule has 0 heterocycles. The molecule has 0 spiro atoms. The van der Waals surface area contributed by atoms with Crippen molar-refractivity contribution < 1.29 is 5.11 Å². The van der Waals surface area contributed by atoms with Crippen LogP contribution in [-0.4, -0.2) is 16.4 Å². The molecule has 2 nitrogen and oxygen atoms in total. The lowest BCUT2D eigenvalue weighted by Gasteiger charge is -1.93. The van der Waals surface area contributed by atoms with E-state index in [0.29, 0.717) is 5.75 Å². The van der Waals surface area contributed by atoms with Crippen LogP contribution >= 0.6 is 11.8 Å². The minimum absolute atomic E-state index is 0.340. The van der Waals surface area contributed by atoms with Crippen molar-refractivity contribution in [3.05, 3.63) is 42.1 Å². The molecule has 0 aliphatic heterocycles. The highest BCUT2D eigenvalue weighted by Crippen LogP contribution is 2.09. The van der Waals surface area contributed by atoms with Crippen LogP contribution in [0.5, 0.6) is 5.75 Å². The highest BCUT2D eigenvalue weighted by atomic mass is 32.2. The number of aliphatic imine (C=N–C) groups is 1. The SMILES string of the molecule is C/C=C\N=C(C)SC.CCc1ccc(O)cc1. The first-order valence-corrected chi connectivity index (χ1v) is 6.84. The van der Waals surface area contributed by atoms with Gasteiger partial charge in [-0.15, -0.1) is 11.8 Å². The zero-order valence-corrected chi connectivity index (χ0v) is 11.8. The molecule has 0 aromatic heterocycles. The van der Waals surface area contributed by atoms with Gasteiger partial charge in [-0.3, -0.25) is 4.99 Å². The third-order valence-electron chi connectivity index (χ3n) is 2.05. The molecule has 94 valence electrons. The van der Waals surface area contributed by atoms with Gasteiger partial charge in [-0.2, -0.15) is 0 Å². The molecule has 0 radical (unpaired) electrons. The first-order chi connectivity index (χ1) is 8.13. The Labute approximate surface area is 108 Å². The number of aromatic hydroxyl groups is 1. The Morgan fingerprint density at radius 3 is 2.35 bits per heavy atom. The first kappa shape index (κ1) is 15.8. The van der Waals surface area contributed by atoms with Gasteiger partial charge in [-0.05, 0) is 44.2 Å². The first-order valence-electron chi connectivity index (χ1n) is 5.61. The second-order valence-corrected chi connectivity index (χ2v) is 4.35. The Kier molecular flexibility index (Phi) is 9.25. The van der Waals surface area contributed by atoms with E-state index in [0.717, 1.165) is 11.5 Å². The molecule has 0 saturated carbocycles. The highest BCUT2D eigenvalue weighted by Gasteiger charge is 1.86. The minimum atomic E-state index is 0.340. The van der Waals surface area contributed by atoms with Gasteiger partial charge in [0.05, 0.1) is 5.04 Å². The van der Waals surface area contributed by atoms with Crippen molar-refractivity contribution in [1.29, 1.82) is 0 Å².